The van der Waals surface area contributed by atoms with Crippen LogP contribution in [-0.2, 0) is 16.1 Å². The van der Waals surface area contributed by atoms with E-state index in [-0.39, 0.29) is 23.7 Å². The Morgan fingerprint density at radius 1 is 1.18 bits per heavy atom. The van der Waals surface area contributed by atoms with E-state index in [1.807, 2.05) is 43.0 Å². The van der Waals surface area contributed by atoms with Crippen molar-refractivity contribution in [2.24, 2.45) is 10.1 Å². The van der Waals surface area contributed by atoms with Gasteiger partial charge in [0.25, 0.3) is 5.91 Å². The van der Waals surface area contributed by atoms with E-state index < -0.39 is 5.91 Å². The number of aliphatic imine (C=N–C) groups is 1. The Kier molecular flexibility index (Phi) is 5.95. The molecule has 2 amide bonds. The lowest BCUT2D eigenvalue weighted by Crippen LogP contribution is -2.35. The van der Waals surface area contributed by atoms with Crippen LogP contribution in [0.4, 0.5) is 0 Å². The summed E-state index contributed by atoms with van der Waals surface area (Å²) < 4.78 is 2.19. The van der Waals surface area contributed by atoms with Crippen LogP contribution in [0.3, 0.4) is 0 Å². The summed E-state index contributed by atoms with van der Waals surface area (Å²) in [6, 6.07) is 12.2. The fourth-order valence-corrected chi connectivity index (χ4v) is 5.33. The molecule has 0 aliphatic carbocycles. The molecule has 0 bridgehead atoms. The molecule has 4 heterocycles. The van der Waals surface area contributed by atoms with Gasteiger partial charge >= 0.3 is 0 Å². The summed E-state index contributed by atoms with van der Waals surface area (Å²) >= 11 is 1.19. The minimum absolute atomic E-state index is 0.0148. The summed E-state index contributed by atoms with van der Waals surface area (Å²) in [5, 5.41) is 15.4. The van der Waals surface area contributed by atoms with Crippen molar-refractivity contribution in [1.82, 2.24) is 14.5 Å². The van der Waals surface area contributed by atoms with Crippen LogP contribution in [0.25, 0.3) is 6.08 Å². The third kappa shape index (κ3) is 4.23. The van der Waals surface area contributed by atoms with E-state index in [9.17, 15) is 9.59 Å². The minimum Gasteiger partial charge on any atom is -0.344 e. The van der Waals surface area contributed by atoms with E-state index in [0.717, 1.165) is 49.4 Å². The first-order valence-corrected chi connectivity index (χ1v) is 12.2. The Morgan fingerprint density at radius 3 is 2.65 bits per heavy atom. The number of benzene rings is 1. The average Bonchev–Trinajstić information content (AvgIpc) is 3.54. The highest BCUT2D eigenvalue weighted by atomic mass is 32.2. The number of hydrogen-bond acceptors (Lipinski definition) is 5. The van der Waals surface area contributed by atoms with Gasteiger partial charge in [-0.15, -0.1) is 0 Å². The smallest absolute Gasteiger partial charge is 0.283 e. The first kappa shape index (κ1) is 22.3. The van der Waals surface area contributed by atoms with Crippen LogP contribution in [0.15, 0.2) is 52.1 Å². The lowest BCUT2D eigenvalue weighted by molar-refractivity contribution is -0.128. The third-order valence-corrected chi connectivity index (χ3v) is 7.26. The lowest BCUT2D eigenvalue weighted by atomic mass is 10.1. The number of fused-ring (bicyclic) bond motifs is 1. The van der Waals surface area contributed by atoms with Crippen molar-refractivity contribution in [3.8, 4) is 0 Å². The van der Waals surface area contributed by atoms with Gasteiger partial charge in [0.1, 0.15) is 5.04 Å². The molecule has 0 radical (unpaired) electrons. The molecule has 2 aromatic rings. The number of aryl methyl sites for hydroxylation is 1. The van der Waals surface area contributed by atoms with Gasteiger partial charge in [-0.05, 0) is 61.7 Å². The molecule has 9 heteroatoms. The number of carbonyl (C=O) groups is 2. The van der Waals surface area contributed by atoms with Crippen molar-refractivity contribution in [3.05, 3.63) is 64.5 Å². The maximum Gasteiger partial charge on any atom is 0.283 e. The van der Waals surface area contributed by atoms with Gasteiger partial charge in [0, 0.05) is 31.0 Å². The van der Waals surface area contributed by atoms with Crippen molar-refractivity contribution in [3.63, 3.8) is 0 Å². The SMILES string of the molecule is Cc1cc(/C=C2\C(=N)N3N=C(CC(=O)N4CCCC4)SC3=NC2=O)c(C)n1Cc1ccccc1. The second-order valence-electron chi connectivity index (χ2n) is 8.68. The van der Waals surface area contributed by atoms with Crippen LogP contribution in [0.1, 0.15) is 41.8 Å². The van der Waals surface area contributed by atoms with Crippen LogP contribution in [0, 0.1) is 19.3 Å². The van der Waals surface area contributed by atoms with Crippen molar-refractivity contribution < 1.29 is 9.59 Å². The number of hydrogen-bond donors (Lipinski definition) is 1. The number of carbonyl (C=O) groups excluding carboxylic acids is 2. The highest BCUT2D eigenvalue weighted by Crippen LogP contribution is 2.30. The molecule has 1 N–H and O–H groups in total. The molecule has 5 rings (SSSR count). The van der Waals surface area contributed by atoms with E-state index in [4.69, 9.17) is 5.41 Å². The Labute approximate surface area is 202 Å². The first-order chi connectivity index (χ1) is 16.4. The third-order valence-electron chi connectivity index (χ3n) is 6.35. The summed E-state index contributed by atoms with van der Waals surface area (Å²) in [6.45, 7) is 6.35. The second kappa shape index (κ2) is 9.06. The predicted octanol–water partition coefficient (Wildman–Crippen LogP) is 3.78. The number of nitrogens with one attached hydrogen (secondary N) is 1. The topological polar surface area (TPSA) is 94.1 Å². The predicted molar refractivity (Wildman–Crippen MR) is 135 cm³/mol. The molecule has 34 heavy (non-hydrogen) atoms. The van der Waals surface area contributed by atoms with Gasteiger partial charge in [-0.3, -0.25) is 15.0 Å². The molecule has 1 fully saturated rings. The van der Waals surface area contributed by atoms with Gasteiger partial charge in [-0.2, -0.15) is 15.1 Å². The average molecular weight is 475 g/mol. The molecule has 3 aliphatic rings. The summed E-state index contributed by atoms with van der Waals surface area (Å²) in [7, 11) is 0. The second-order valence-corrected chi connectivity index (χ2v) is 9.72. The molecule has 1 saturated heterocycles. The number of likely N-dealkylation sites (tertiary alicyclic amines) is 1. The molecule has 0 atom stereocenters. The molecule has 0 saturated carbocycles. The lowest BCUT2D eigenvalue weighted by Gasteiger charge is -2.20. The first-order valence-electron chi connectivity index (χ1n) is 11.4. The van der Waals surface area contributed by atoms with Gasteiger partial charge in [0.15, 0.2) is 5.84 Å². The quantitative estimate of drug-likeness (QED) is 0.667. The Balaban J connectivity index is 1.37. The molecular weight excluding hydrogens is 448 g/mol. The number of aromatic nitrogens is 1. The van der Waals surface area contributed by atoms with E-state index in [1.165, 1.54) is 22.3 Å². The molecule has 3 aliphatic heterocycles. The molecule has 1 aromatic heterocycles. The molecule has 1 aromatic carbocycles. The van der Waals surface area contributed by atoms with E-state index in [0.29, 0.717) is 10.2 Å². The number of nitrogens with zero attached hydrogens (tertiary/aromatic N) is 5. The zero-order valence-corrected chi connectivity index (χ0v) is 20.1. The zero-order valence-electron chi connectivity index (χ0n) is 19.2. The Bertz CT molecular complexity index is 1270. The fourth-order valence-electron chi connectivity index (χ4n) is 4.45. The maximum absolute atomic E-state index is 12.8. The molecule has 8 nitrogen and oxygen atoms in total. The number of hydrazone groups is 1. The van der Waals surface area contributed by atoms with Crippen molar-refractivity contribution in [2.45, 2.75) is 39.7 Å². The van der Waals surface area contributed by atoms with Gasteiger partial charge in [0.2, 0.25) is 11.1 Å². The fraction of sp³-hybridized carbons (Fsp3) is 0.320. The summed E-state index contributed by atoms with van der Waals surface area (Å²) in [6.07, 6.45) is 3.95. The molecular formula is C25H26N6O2S. The van der Waals surface area contributed by atoms with E-state index in [2.05, 4.69) is 26.8 Å². The number of thioether (sulfide) groups is 1. The summed E-state index contributed by atoms with van der Waals surface area (Å²) in [5.74, 6) is -0.443. The van der Waals surface area contributed by atoms with Gasteiger partial charge in [-0.25, -0.2) is 0 Å². The van der Waals surface area contributed by atoms with Crippen molar-refractivity contribution in [1.29, 1.82) is 5.41 Å². The van der Waals surface area contributed by atoms with Gasteiger partial charge in [0.05, 0.1) is 12.0 Å². The van der Waals surface area contributed by atoms with Crippen LogP contribution in [0.5, 0.6) is 0 Å². The number of amidine groups is 2. The molecule has 174 valence electrons. The van der Waals surface area contributed by atoms with Crippen molar-refractivity contribution >= 4 is 45.7 Å². The molecule has 0 spiro atoms. The molecule has 0 unspecified atom stereocenters. The minimum atomic E-state index is -0.459. The van der Waals surface area contributed by atoms with E-state index >= 15 is 0 Å². The van der Waals surface area contributed by atoms with Crippen LogP contribution >= 0.6 is 11.8 Å². The van der Waals surface area contributed by atoms with Crippen LogP contribution in [-0.4, -0.2) is 55.4 Å². The highest BCUT2D eigenvalue weighted by Gasteiger charge is 2.36. The largest absolute Gasteiger partial charge is 0.344 e. The Morgan fingerprint density at radius 2 is 1.91 bits per heavy atom. The monoisotopic (exact) mass is 474 g/mol. The standard InChI is InChI=1S/C25H26N6O2S/c1-16-12-19(17(2)30(16)15-18-8-4-3-5-9-18)13-20-23(26)31-25(27-24(20)33)34-21(28-31)14-22(32)29-10-6-7-11-29/h3-5,8-9,12-13,26H,6-7,10-11,14-15H2,1-2H3/b20-13+,26-23?. The summed E-state index contributed by atoms with van der Waals surface area (Å²) in [5.41, 5.74) is 4.35. The zero-order chi connectivity index (χ0) is 23.8. The van der Waals surface area contributed by atoms with Gasteiger partial charge < -0.3 is 9.47 Å². The number of amides is 2. The maximum atomic E-state index is 12.8. The number of rotatable bonds is 5. The highest BCUT2D eigenvalue weighted by molar-refractivity contribution is 8.27. The van der Waals surface area contributed by atoms with Gasteiger partial charge in [-0.1, -0.05) is 30.3 Å². The summed E-state index contributed by atoms with van der Waals surface area (Å²) in [4.78, 5) is 31.3. The van der Waals surface area contributed by atoms with Crippen LogP contribution < -0.4 is 0 Å². The Hall–Kier alpha value is -3.46. The normalized spacial score (nSPS) is 19.1. The van der Waals surface area contributed by atoms with Crippen LogP contribution in [0.2, 0.25) is 0 Å². The van der Waals surface area contributed by atoms with E-state index in [1.54, 1.807) is 6.08 Å². The van der Waals surface area contributed by atoms with Crippen molar-refractivity contribution in [2.75, 3.05) is 13.1 Å².